The molecule has 2 rings (SSSR count). The number of carbonyl (C=O) groups excluding carboxylic acids is 1. The summed E-state index contributed by atoms with van der Waals surface area (Å²) in [5.41, 5.74) is 5.69. The summed E-state index contributed by atoms with van der Waals surface area (Å²) in [6.45, 7) is 2.69. The highest BCUT2D eigenvalue weighted by Gasteiger charge is 2.28. The van der Waals surface area contributed by atoms with Crippen molar-refractivity contribution in [2.75, 3.05) is 6.54 Å². The lowest BCUT2D eigenvalue weighted by molar-refractivity contribution is 0.0918. The summed E-state index contributed by atoms with van der Waals surface area (Å²) in [5.74, 6) is 1.20. The Bertz CT molecular complexity index is 403. The molecule has 0 bridgehead atoms. The number of nitrogens with zero attached hydrogens (tertiary/aromatic N) is 2. The maximum absolute atomic E-state index is 12.0. The predicted octanol–water partition coefficient (Wildman–Crippen LogP) is 0.614. The van der Waals surface area contributed by atoms with Crippen molar-refractivity contribution in [2.24, 2.45) is 11.7 Å². The fourth-order valence-corrected chi connectivity index (χ4v) is 2.49. The fraction of sp³-hybridized carbons (Fsp3) is 0.750. The zero-order valence-corrected chi connectivity index (χ0v) is 10.8. The van der Waals surface area contributed by atoms with E-state index in [1.807, 2.05) is 0 Å². The van der Waals surface area contributed by atoms with Gasteiger partial charge in [0.1, 0.15) is 5.82 Å². The van der Waals surface area contributed by atoms with Gasteiger partial charge in [0.15, 0.2) is 0 Å². The lowest BCUT2D eigenvalue weighted by Crippen LogP contribution is -2.40. The van der Waals surface area contributed by atoms with E-state index >= 15 is 0 Å². The van der Waals surface area contributed by atoms with E-state index in [0.717, 1.165) is 37.9 Å². The van der Waals surface area contributed by atoms with Crippen molar-refractivity contribution in [1.29, 1.82) is 0 Å². The highest BCUT2D eigenvalue weighted by atomic mass is 16.2. The van der Waals surface area contributed by atoms with Gasteiger partial charge in [0.2, 0.25) is 5.82 Å². The van der Waals surface area contributed by atoms with Crippen molar-refractivity contribution in [1.82, 2.24) is 20.5 Å². The van der Waals surface area contributed by atoms with Gasteiger partial charge in [-0.2, -0.15) is 0 Å². The number of hydrogen-bond donors (Lipinski definition) is 3. The van der Waals surface area contributed by atoms with E-state index in [4.69, 9.17) is 5.73 Å². The Balaban J connectivity index is 1.94. The number of aromatic nitrogens is 3. The molecule has 2 unspecified atom stereocenters. The van der Waals surface area contributed by atoms with Gasteiger partial charge >= 0.3 is 0 Å². The lowest BCUT2D eigenvalue weighted by Gasteiger charge is -2.18. The fourth-order valence-electron chi connectivity index (χ4n) is 2.49. The van der Waals surface area contributed by atoms with Crippen molar-refractivity contribution in [3.8, 4) is 0 Å². The van der Waals surface area contributed by atoms with Crippen molar-refractivity contribution in [3.63, 3.8) is 0 Å². The van der Waals surface area contributed by atoms with Gasteiger partial charge in [0.25, 0.3) is 5.91 Å². The molecule has 1 aromatic rings. The van der Waals surface area contributed by atoms with E-state index in [1.165, 1.54) is 0 Å². The second-order valence-corrected chi connectivity index (χ2v) is 4.86. The molecule has 6 nitrogen and oxygen atoms in total. The number of hydrogen-bond acceptors (Lipinski definition) is 4. The van der Waals surface area contributed by atoms with Crippen LogP contribution < -0.4 is 11.1 Å². The van der Waals surface area contributed by atoms with Gasteiger partial charge in [0, 0.05) is 12.5 Å². The van der Waals surface area contributed by atoms with Crippen molar-refractivity contribution in [3.05, 3.63) is 11.6 Å². The molecule has 1 fully saturated rings. The summed E-state index contributed by atoms with van der Waals surface area (Å²) in [4.78, 5) is 16.2. The highest BCUT2D eigenvalue weighted by molar-refractivity contribution is 5.90. The van der Waals surface area contributed by atoms with Gasteiger partial charge in [-0.25, -0.2) is 4.98 Å². The van der Waals surface area contributed by atoms with Crippen LogP contribution in [0.15, 0.2) is 0 Å². The van der Waals surface area contributed by atoms with Crippen LogP contribution in [0, 0.1) is 5.92 Å². The van der Waals surface area contributed by atoms with E-state index in [2.05, 4.69) is 27.4 Å². The smallest absolute Gasteiger partial charge is 0.291 e. The number of H-pyrrole nitrogens is 1. The minimum atomic E-state index is -0.195. The average Bonchev–Trinajstić information content (AvgIpc) is 2.98. The molecular weight excluding hydrogens is 230 g/mol. The SMILES string of the molecule is CCCc1nc(C(=O)NC2CCCC2CN)n[nH]1. The van der Waals surface area contributed by atoms with E-state index < -0.39 is 0 Å². The summed E-state index contributed by atoms with van der Waals surface area (Å²) in [6, 6.07) is 0.177. The highest BCUT2D eigenvalue weighted by Crippen LogP contribution is 2.24. The summed E-state index contributed by atoms with van der Waals surface area (Å²) in [6.07, 6.45) is 5.02. The van der Waals surface area contributed by atoms with E-state index in [0.29, 0.717) is 12.5 Å². The van der Waals surface area contributed by atoms with Crippen molar-refractivity contribution < 1.29 is 4.79 Å². The van der Waals surface area contributed by atoms with Gasteiger partial charge in [-0.15, -0.1) is 5.10 Å². The van der Waals surface area contributed by atoms with E-state index in [9.17, 15) is 4.79 Å². The van der Waals surface area contributed by atoms with Crippen LogP contribution >= 0.6 is 0 Å². The molecule has 0 radical (unpaired) electrons. The molecule has 100 valence electrons. The third-order valence-corrected chi connectivity index (χ3v) is 3.50. The number of nitrogens with two attached hydrogens (primary N) is 1. The Morgan fingerprint density at radius 1 is 1.56 bits per heavy atom. The number of aromatic amines is 1. The summed E-state index contributed by atoms with van der Waals surface area (Å²) in [7, 11) is 0. The van der Waals surface area contributed by atoms with Crippen LogP contribution in [0.2, 0.25) is 0 Å². The normalized spacial score (nSPS) is 23.2. The van der Waals surface area contributed by atoms with Gasteiger partial charge in [-0.1, -0.05) is 13.3 Å². The molecule has 0 saturated heterocycles. The summed E-state index contributed by atoms with van der Waals surface area (Å²) >= 11 is 0. The first-order valence-electron chi connectivity index (χ1n) is 6.66. The van der Waals surface area contributed by atoms with Crippen molar-refractivity contribution in [2.45, 2.75) is 45.1 Å². The Labute approximate surface area is 107 Å². The monoisotopic (exact) mass is 251 g/mol. The molecule has 1 saturated carbocycles. The lowest BCUT2D eigenvalue weighted by atomic mass is 10.0. The van der Waals surface area contributed by atoms with Crippen LogP contribution in [0.25, 0.3) is 0 Å². The first-order chi connectivity index (χ1) is 8.74. The topological polar surface area (TPSA) is 96.7 Å². The number of carbonyl (C=O) groups is 1. The van der Waals surface area contributed by atoms with Gasteiger partial charge in [-0.3, -0.25) is 9.89 Å². The van der Waals surface area contributed by atoms with E-state index in [1.54, 1.807) is 0 Å². The molecule has 1 aliphatic carbocycles. The molecule has 18 heavy (non-hydrogen) atoms. The molecule has 6 heteroatoms. The molecule has 0 aliphatic heterocycles. The quantitative estimate of drug-likeness (QED) is 0.714. The summed E-state index contributed by atoms with van der Waals surface area (Å²) in [5, 5.41) is 9.73. The number of aryl methyl sites for hydroxylation is 1. The largest absolute Gasteiger partial charge is 0.346 e. The second-order valence-electron chi connectivity index (χ2n) is 4.86. The standard InChI is InChI=1S/C12H21N5O/c1-2-4-10-15-11(17-16-10)12(18)14-9-6-3-5-8(9)7-13/h8-9H,2-7,13H2,1H3,(H,14,18)(H,15,16,17). The average molecular weight is 251 g/mol. The number of amides is 1. The third kappa shape index (κ3) is 2.87. The number of nitrogens with one attached hydrogen (secondary N) is 2. The number of rotatable bonds is 5. The van der Waals surface area contributed by atoms with Crippen LogP contribution in [-0.2, 0) is 6.42 Å². The maximum atomic E-state index is 12.0. The Kier molecular flexibility index (Phi) is 4.30. The van der Waals surface area contributed by atoms with Crippen LogP contribution in [0.5, 0.6) is 0 Å². The molecule has 1 aliphatic rings. The minimum Gasteiger partial charge on any atom is -0.346 e. The van der Waals surface area contributed by atoms with Crippen LogP contribution in [-0.4, -0.2) is 33.7 Å². The third-order valence-electron chi connectivity index (χ3n) is 3.50. The van der Waals surface area contributed by atoms with Gasteiger partial charge in [-0.05, 0) is 31.7 Å². The molecular formula is C12H21N5O. The molecule has 1 heterocycles. The van der Waals surface area contributed by atoms with Crippen LogP contribution in [0.4, 0.5) is 0 Å². The zero-order chi connectivity index (χ0) is 13.0. The first kappa shape index (κ1) is 13.0. The summed E-state index contributed by atoms with van der Waals surface area (Å²) < 4.78 is 0. The zero-order valence-electron chi connectivity index (χ0n) is 10.8. The van der Waals surface area contributed by atoms with E-state index in [-0.39, 0.29) is 17.8 Å². The molecule has 0 spiro atoms. The minimum absolute atomic E-state index is 0.177. The van der Waals surface area contributed by atoms with Crippen LogP contribution in [0.3, 0.4) is 0 Å². The van der Waals surface area contributed by atoms with Gasteiger partial charge < -0.3 is 11.1 Å². The molecule has 1 aromatic heterocycles. The molecule has 1 amide bonds. The Hall–Kier alpha value is -1.43. The first-order valence-corrected chi connectivity index (χ1v) is 6.66. The second kappa shape index (κ2) is 5.95. The Morgan fingerprint density at radius 2 is 2.39 bits per heavy atom. The molecule has 0 aromatic carbocycles. The Morgan fingerprint density at radius 3 is 3.11 bits per heavy atom. The van der Waals surface area contributed by atoms with Crippen LogP contribution in [0.1, 0.15) is 49.1 Å². The maximum Gasteiger partial charge on any atom is 0.291 e. The molecule has 4 N–H and O–H groups in total. The van der Waals surface area contributed by atoms with Gasteiger partial charge in [0.05, 0.1) is 0 Å². The molecule has 2 atom stereocenters. The van der Waals surface area contributed by atoms with Crippen molar-refractivity contribution >= 4 is 5.91 Å². The predicted molar refractivity (Wildman–Crippen MR) is 68.0 cm³/mol.